The highest BCUT2D eigenvalue weighted by Gasteiger charge is 2.42. The first-order chi connectivity index (χ1) is 13.2. The quantitative estimate of drug-likeness (QED) is 0.696. The number of amides is 1. The van der Waals surface area contributed by atoms with Gasteiger partial charge in [-0.3, -0.25) is 4.79 Å². The van der Waals surface area contributed by atoms with Crippen LogP contribution in [0.15, 0.2) is 36.7 Å². The van der Waals surface area contributed by atoms with Gasteiger partial charge in [-0.25, -0.2) is 4.98 Å². The van der Waals surface area contributed by atoms with Crippen LogP contribution < -0.4 is 5.32 Å². The number of hydrogen-bond acceptors (Lipinski definition) is 6. The fourth-order valence-electron chi connectivity index (χ4n) is 4.09. The summed E-state index contributed by atoms with van der Waals surface area (Å²) in [5.74, 6) is -0.0792. The molecule has 0 bridgehead atoms. The molecule has 1 aromatic carbocycles. The Labute approximate surface area is 168 Å². The number of anilines is 1. The molecule has 0 spiro atoms. The van der Waals surface area contributed by atoms with E-state index in [4.69, 9.17) is 4.74 Å². The lowest BCUT2D eigenvalue weighted by Gasteiger charge is -2.44. The first kappa shape index (κ1) is 19.0. The number of ether oxygens (including phenoxy) is 1. The summed E-state index contributed by atoms with van der Waals surface area (Å²) in [7, 11) is 0. The molecule has 4 rings (SSSR count). The Morgan fingerprint density at radius 2 is 1.93 bits per heavy atom. The van der Waals surface area contributed by atoms with Gasteiger partial charge in [-0.2, -0.15) is 10.2 Å². The Balaban J connectivity index is 1.50. The van der Waals surface area contributed by atoms with Crippen LogP contribution >= 0.6 is 11.3 Å². The molecule has 0 radical (unpaired) electrons. The van der Waals surface area contributed by atoms with Crippen molar-refractivity contribution in [3.63, 3.8) is 0 Å². The molecule has 2 aromatic heterocycles. The van der Waals surface area contributed by atoms with Gasteiger partial charge >= 0.3 is 0 Å². The average molecular weight is 397 g/mol. The van der Waals surface area contributed by atoms with Crippen molar-refractivity contribution in [1.82, 2.24) is 15.2 Å². The van der Waals surface area contributed by atoms with Crippen LogP contribution in [0.5, 0.6) is 0 Å². The van der Waals surface area contributed by atoms with Gasteiger partial charge in [0.1, 0.15) is 0 Å². The molecule has 0 saturated carbocycles. The molecule has 6 nitrogen and oxygen atoms in total. The fraction of sp³-hybridized carbons (Fsp3) is 0.429. The highest BCUT2D eigenvalue weighted by Crippen LogP contribution is 2.39. The second-order valence-electron chi connectivity index (χ2n) is 8.55. The van der Waals surface area contributed by atoms with Crippen molar-refractivity contribution in [2.24, 2.45) is 5.92 Å². The van der Waals surface area contributed by atoms with Crippen molar-refractivity contribution in [2.75, 3.05) is 5.32 Å². The molecule has 1 fully saturated rings. The van der Waals surface area contributed by atoms with E-state index in [1.54, 1.807) is 12.4 Å². The maximum absolute atomic E-state index is 12.8. The molecule has 0 unspecified atom stereocenters. The largest absolute Gasteiger partial charge is 0.370 e. The highest BCUT2D eigenvalue weighted by atomic mass is 32.1. The summed E-state index contributed by atoms with van der Waals surface area (Å²) < 4.78 is 6.09. The van der Waals surface area contributed by atoms with Gasteiger partial charge in [0.15, 0.2) is 5.13 Å². The molecule has 146 valence electrons. The third kappa shape index (κ3) is 4.05. The van der Waals surface area contributed by atoms with Crippen LogP contribution in [0.1, 0.15) is 40.5 Å². The number of nitrogens with one attached hydrogen (secondary N) is 1. The Bertz CT molecular complexity index is 1010. The van der Waals surface area contributed by atoms with Crippen LogP contribution in [0.4, 0.5) is 5.13 Å². The molecule has 1 saturated heterocycles. The molecule has 3 heterocycles. The Morgan fingerprint density at radius 1 is 1.18 bits per heavy atom. The molecule has 0 atom stereocenters. The maximum atomic E-state index is 12.8. The highest BCUT2D eigenvalue weighted by molar-refractivity contribution is 7.19. The van der Waals surface area contributed by atoms with Crippen molar-refractivity contribution in [3.8, 4) is 10.4 Å². The van der Waals surface area contributed by atoms with Crippen LogP contribution in [-0.4, -0.2) is 32.3 Å². The summed E-state index contributed by atoms with van der Waals surface area (Å²) in [6.07, 6.45) is 4.88. The van der Waals surface area contributed by atoms with Gasteiger partial charge in [-0.1, -0.05) is 17.4 Å². The molecule has 1 aliphatic heterocycles. The number of nitrogens with zero attached hydrogens (tertiary/aromatic N) is 3. The van der Waals surface area contributed by atoms with Crippen molar-refractivity contribution in [1.29, 1.82) is 0 Å². The van der Waals surface area contributed by atoms with Gasteiger partial charge in [-0.05, 0) is 64.3 Å². The predicted octanol–water partition coefficient (Wildman–Crippen LogP) is 4.68. The Hall–Kier alpha value is -2.38. The van der Waals surface area contributed by atoms with Crippen LogP contribution in [-0.2, 0) is 9.53 Å². The number of hydrogen-bond donors (Lipinski definition) is 1. The maximum Gasteiger partial charge on any atom is 0.229 e. The zero-order chi connectivity index (χ0) is 19.9. The van der Waals surface area contributed by atoms with E-state index in [2.05, 4.69) is 26.6 Å². The standard InChI is InChI=1S/C21H24N4O2S/c1-20(2)10-15(11-21(3,4)27-20)18(26)24-19-22-12-17(28-19)14-5-6-16-13(9-14)7-8-23-25-16/h5-9,12,15H,10-11H2,1-4H3,(H,22,24,26). The smallest absolute Gasteiger partial charge is 0.229 e. The van der Waals surface area contributed by atoms with Gasteiger partial charge in [0, 0.05) is 17.5 Å². The van der Waals surface area contributed by atoms with Gasteiger partial charge in [0.25, 0.3) is 0 Å². The third-order valence-corrected chi connectivity index (χ3v) is 5.90. The van der Waals surface area contributed by atoms with Crippen molar-refractivity contribution < 1.29 is 9.53 Å². The molecule has 1 aliphatic rings. The first-order valence-electron chi connectivity index (χ1n) is 9.40. The van der Waals surface area contributed by atoms with Gasteiger partial charge in [-0.15, -0.1) is 0 Å². The molecule has 3 aromatic rings. The SMILES string of the molecule is CC1(C)CC(C(=O)Nc2ncc(-c3ccc4nnccc4c3)s2)CC(C)(C)O1. The molecule has 7 heteroatoms. The van der Waals surface area contributed by atoms with Crippen LogP contribution in [0.3, 0.4) is 0 Å². The lowest BCUT2D eigenvalue weighted by Crippen LogP contribution is -2.48. The molecule has 28 heavy (non-hydrogen) atoms. The minimum absolute atomic E-state index is 0.0131. The van der Waals surface area contributed by atoms with Crippen LogP contribution in [0.2, 0.25) is 0 Å². The second kappa shape index (κ2) is 6.90. The lowest BCUT2D eigenvalue weighted by atomic mass is 9.80. The topological polar surface area (TPSA) is 77.0 Å². The first-order valence-corrected chi connectivity index (χ1v) is 10.2. The van der Waals surface area contributed by atoms with E-state index in [1.807, 2.05) is 45.9 Å². The zero-order valence-corrected chi connectivity index (χ0v) is 17.3. The fourth-order valence-corrected chi connectivity index (χ4v) is 4.91. The minimum Gasteiger partial charge on any atom is -0.370 e. The summed E-state index contributed by atoms with van der Waals surface area (Å²) in [5, 5.41) is 12.7. The summed E-state index contributed by atoms with van der Waals surface area (Å²) in [5.41, 5.74) is 1.28. The van der Waals surface area contributed by atoms with Gasteiger partial charge < -0.3 is 10.1 Å². The zero-order valence-electron chi connectivity index (χ0n) is 16.5. The van der Waals surface area contributed by atoms with Crippen LogP contribution in [0, 0.1) is 5.92 Å². The Kier molecular flexibility index (Phi) is 4.67. The van der Waals surface area contributed by atoms with E-state index in [0.717, 1.165) is 21.3 Å². The average Bonchev–Trinajstić information content (AvgIpc) is 3.07. The molecular weight excluding hydrogens is 372 g/mol. The second-order valence-corrected chi connectivity index (χ2v) is 9.58. The summed E-state index contributed by atoms with van der Waals surface area (Å²) >= 11 is 1.48. The number of carbonyl (C=O) groups excluding carboxylic acids is 1. The number of thiazole rings is 1. The van der Waals surface area contributed by atoms with E-state index < -0.39 is 0 Å². The molecule has 0 aliphatic carbocycles. The van der Waals surface area contributed by atoms with Crippen molar-refractivity contribution in [3.05, 3.63) is 36.7 Å². The summed E-state index contributed by atoms with van der Waals surface area (Å²) in [6.45, 7) is 8.17. The van der Waals surface area contributed by atoms with E-state index in [9.17, 15) is 4.79 Å². The van der Waals surface area contributed by atoms with E-state index in [-0.39, 0.29) is 23.0 Å². The molecule has 1 N–H and O–H groups in total. The van der Waals surface area contributed by atoms with Crippen molar-refractivity contribution in [2.45, 2.75) is 51.7 Å². The van der Waals surface area contributed by atoms with Gasteiger partial charge in [0.2, 0.25) is 5.91 Å². The van der Waals surface area contributed by atoms with Crippen LogP contribution in [0.25, 0.3) is 21.3 Å². The normalized spacial score (nSPS) is 18.9. The van der Waals surface area contributed by atoms with E-state index >= 15 is 0 Å². The summed E-state index contributed by atoms with van der Waals surface area (Å²) in [6, 6.07) is 7.94. The number of benzene rings is 1. The molecular formula is C21H24N4O2S. The monoisotopic (exact) mass is 396 g/mol. The minimum atomic E-state index is -0.314. The van der Waals surface area contributed by atoms with E-state index in [1.165, 1.54) is 11.3 Å². The van der Waals surface area contributed by atoms with Crippen molar-refractivity contribution >= 4 is 33.3 Å². The summed E-state index contributed by atoms with van der Waals surface area (Å²) in [4.78, 5) is 18.3. The Morgan fingerprint density at radius 3 is 2.68 bits per heavy atom. The lowest BCUT2D eigenvalue weighted by molar-refractivity contribution is -0.176. The van der Waals surface area contributed by atoms with Gasteiger partial charge in [0.05, 0.1) is 27.8 Å². The molecule has 1 amide bonds. The predicted molar refractivity (Wildman–Crippen MR) is 111 cm³/mol. The third-order valence-electron chi connectivity index (χ3n) is 4.93. The van der Waals surface area contributed by atoms with E-state index in [0.29, 0.717) is 18.0 Å². The number of fused-ring (bicyclic) bond motifs is 1. The number of aromatic nitrogens is 3. The number of carbonyl (C=O) groups is 1. The number of rotatable bonds is 3.